The van der Waals surface area contributed by atoms with Gasteiger partial charge in [0.1, 0.15) is 0 Å². The van der Waals surface area contributed by atoms with Crippen molar-refractivity contribution in [3.63, 3.8) is 0 Å². The maximum absolute atomic E-state index is 12.2. The average molecular weight is 336 g/mol. The maximum Gasteiger partial charge on any atom is 0.273 e. The van der Waals surface area contributed by atoms with E-state index in [9.17, 15) is 9.59 Å². The van der Waals surface area contributed by atoms with Gasteiger partial charge >= 0.3 is 0 Å². The Bertz CT molecular complexity index is 975. The fourth-order valence-electron chi connectivity index (χ4n) is 2.99. The number of hydrogen-bond donors (Lipinski definition) is 2. The zero-order valence-corrected chi connectivity index (χ0v) is 13.4. The third-order valence-corrected chi connectivity index (χ3v) is 4.29. The van der Waals surface area contributed by atoms with E-state index in [0.717, 1.165) is 36.1 Å². The summed E-state index contributed by atoms with van der Waals surface area (Å²) in [7, 11) is 0. The van der Waals surface area contributed by atoms with Gasteiger partial charge in [-0.2, -0.15) is 0 Å². The molecule has 0 saturated heterocycles. The minimum Gasteiger partial charge on any atom is -0.355 e. The first-order valence-electron chi connectivity index (χ1n) is 8.10. The van der Waals surface area contributed by atoms with E-state index < -0.39 is 5.91 Å². The van der Waals surface area contributed by atoms with E-state index in [1.807, 2.05) is 12.1 Å². The van der Waals surface area contributed by atoms with Crippen LogP contribution in [0.2, 0.25) is 0 Å². The van der Waals surface area contributed by atoms with Crippen LogP contribution in [0.25, 0.3) is 11.3 Å². The van der Waals surface area contributed by atoms with Crippen LogP contribution in [0, 0.1) is 0 Å². The van der Waals surface area contributed by atoms with Gasteiger partial charge in [-0.3, -0.25) is 14.6 Å². The summed E-state index contributed by atoms with van der Waals surface area (Å²) >= 11 is 0. The van der Waals surface area contributed by atoms with Gasteiger partial charge in [-0.05, 0) is 43.0 Å². The summed E-state index contributed by atoms with van der Waals surface area (Å²) in [5, 5.41) is 6.50. The minimum absolute atomic E-state index is 0.149. The predicted molar refractivity (Wildman–Crippen MR) is 90.0 cm³/mol. The second-order valence-electron chi connectivity index (χ2n) is 5.98. The van der Waals surface area contributed by atoms with Crippen molar-refractivity contribution in [2.45, 2.75) is 25.8 Å². The molecule has 4 rings (SSSR count). The molecule has 1 aliphatic rings. The maximum atomic E-state index is 12.2. The molecule has 3 heterocycles. The molecule has 0 radical (unpaired) electrons. The molecule has 7 heteroatoms. The van der Waals surface area contributed by atoms with Crippen molar-refractivity contribution >= 4 is 5.91 Å². The van der Waals surface area contributed by atoms with Crippen LogP contribution in [0.5, 0.6) is 0 Å². The molecule has 1 amide bonds. The van der Waals surface area contributed by atoms with Gasteiger partial charge in [0.25, 0.3) is 11.5 Å². The molecular weight excluding hydrogens is 320 g/mol. The molecule has 0 spiro atoms. The zero-order valence-electron chi connectivity index (χ0n) is 13.4. The fourth-order valence-corrected chi connectivity index (χ4v) is 2.99. The number of carbonyl (C=O) groups is 1. The molecule has 2 N–H and O–H groups in total. The molecule has 3 aromatic rings. The first kappa shape index (κ1) is 15.3. The van der Waals surface area contributed by atoms with Crippen LogP contribution in [0.4, 0.5) is 0 Å². The molecule has 3 aromatic heterocycles. The lowest BCUT2D eigenvalue weighted by Crippen LogP contribution is -2.27. The normalized spacial score (nSPS) is 12.8. The van der Waals surface area contributed by atoms with Crippen molar-refractivity contribution in [3.8, 4) is 11.3 Å². The molecule has 0 saturated carbocycles. The summed E-state index contributed by atoms with van der Waals surface area (Å²) in [6.45, 7) is 0.149. The first-order valence-corrected chi connectivity index (χ1v) is 8.10. The predicted octanol–water partition coefficient (Wildman–Crippen LogP) is 1.84. The quantitative estimate of drug-likeness (QED) is 0.757. The lowest BCUT2D eigenvalue weighted by molar-refractivity contribution is 0.0942. The number of carbonyl (C=O) groups excluding carboxylic acids is 1. The van der Waals surface area contributed by atoms with Crippen molar-refractivity contribution in [2.24, 2.45) is 0 Å². The smallest absolute Gasteiger partial charge is 0.273 e. The van der Waals surface area contributed by atoms with Crippen molar-refractivity contribution in [1.29, 1.82) is 0 Å². The standard InChI is InChI=1S/C18H16N4O3/c23-17-13(7-11-3-1-5-14(11)21-17)10-20-18(24)15-8-16(25-22-15)12-4-2-6-19-9-12/h2,4,6-9H,1,3,5,10H2,(H,20,24)(H,21,23). The van der Waals surface area contributed by atoms with Crippen LogP contribution in [0.3, 0.4) is 0 Å². The summed E-state index contributed by atoms with van der Waals surface area (Å²) in [5.74, 6) is 0.0763. The molecule has 0 unspecified atom stereocenters. The van der Waals surface area contributed by atoms with Gasteiger partial charge < -0.3 is 14.8 Å². The molecule has 7 nitrogen and oxygen atoms in total. The largest absolute Gasteiger partial charge is 0.355 e. The number of nitrogens with zero attached hydrogens (tertiary/aromatic N) is 2. The van der Waals surface area contributed by atoms with E-state index in [1.54, 1.807) is 24.5 Å². The molecule has 0 aliphatic heterocycles. The van der Waals surface area contributed by atoms with Gasteiger partial charge in [0.2, 0.25) is 0 Å². The molecule has 1 aliphatic carbocycles. The highest BCUT2D eigenvalue weighted by Crippen LogP contribution is 2.20. The summed E-state index contributed by atoms with van der Waals surface area (Å²) in [5.41, 5.74) is 3.46. The van der Waals surface area contributed by atoms with Crippen LogP contribution >= 0.6 is 0 Å². The summed E-state index contributed by atoms with van der Waals surface area (Å²) < 4.78 is 5.19. The SMILES string of the molecule is O=C(NCc1cc2c([nH]c1=O)CCC2)c1cc(-c2cccnc2)on1. The van der Waals surface area contributed by atoms with Crippen LogP contribution < -0.4 is 10.9 Å². The van der Waals surface area contributed by atoms with Gasteiger partial charge in [0.05, 0.1) is 0 Å². The number of amides is 1. The molecule has 0 bridgehead atoms. The minimum atomic E-state index is -0.390. The van der Waals surface area contributed by atoms with Crippen LogP contribution in [-0.4, -0.2) is 21.0 Å². The van der Waals surface area contributed by atoms with Crippen LogP contribution in [0.15, 0.2) is 46.0 Å². The van der Waals surface area contributed by atoms with Gasteiger partial charge in [-0.15, -0.1) is 0 Å². The highest BCUT2D eigenvalue weighted by molar-refractivity contribution is 5.93. The number of hydrogen-bond acceptors (Lipinski definition) is 5. The highest BCUT2D eigenvalue weighted by atomic mass is 16.5. The van der Waals surface area contributed by atoms with Gasteiger partial charge in [-0.25, -0.2) is 0 Å². The van der Waals surface area contributed by atoms with E-state index in [4.69, 9.17) is 4.52 Å². The Kier molecular flexibility index (Phi) is 3.89. The number of pyridine rings is 2. The fraction of sp³-hybridized carbons (Fsp3) is 0.222. The number of H-pyrrole nitrogens is 1. The van der Waals surface area contributed by atoms with E-state index in [1.165, 1.54) is 0 Å². The first-order chi connectivity index (χ1) is 12.2. The van der Waals surface area contributed by atoms with Gasteiger partial charge in [0, 0.05) is 41.8 Å². The second-order valence-corrected chi connectivity index (χ2v) is 5.98. The van der Waals surface area contributed by atoms with E-state index in [0.29, 0.717) is 11.3 Å². The molecule has 25 heavy (non-hydrogen) atoms. The molecule has 0 aromatic carbocycles. The lowest BCUT2D eigenvalue weighted by atomic mass is 10.1. The molecular formula is C18H16N4O3. The van der Waals surface area contributed by atoms with E-state index in [2.05, 4.69) is 20.4 Å². The van der Waals surface area contributed by atoms with Gasteiger partial charge in [0.15, 0.2) is 11.5 Å². The zero-order chi connectivity index (χ0) is 17.2. The second kappa shape index (κ2) is 6.35. The van der Waals surface area contributed by atoms with Crippen molar-refractivity contribution in [2.75, 3.05) is 0 Å². The number of aromatic nitrogens is 3. The third-order valence-electron chi connectivity index (χ3n) is 4.29. The number of aryl methyl sites for hydroxylation is 2. The topological polar surface area (TPSA) is 101 Å². The molecule has 0 atom stereocenters. The Morgan fingerprint density at radius 1 is 1.32 bits per heavy atom. The lowest BCUT2D eigenvalue weighted by Gasteiger charge is -2.05. The Morgan fingerprint density at radius 3 is 3.08 bits per heavy atom. The monoisotopic (exact) mass is 336 g/mol. The van der Waals surface area contributed by atoms with Crippen molar-refractivity contribution in [1.82, 2.24) is 20.4 Å². The van der Waals surface area contributed by atoms with Crippen LogP contribution in [0.1, 0.15) is 33.7 Å². The highest BCUT2D eigenvalue weighted by Gasteiger charge is 2.16. The van der Waals surface area contributed by atoms with Crippen molar-refractivity contribution < 1.29 is 9.32 Å². The van der Waals surface area contributed by atoms with E-state index >= 15 is 0 Å². The third kappa shape index (κ3) is 3.08. The summed E-state index contributed by atoms with van der Waals surface area (Å²) in [6.07, 6.45) is 6.21. The number of rotatable bonds is 4. The number of aromatic amines is 1. The van der Waals surface area contributed by atoms with Crippen molar-refractivity contribution in [3.05, 3.63) is 69.5 Å². The Balaban J connectivity index is 1.47. The summed E-state index contributed by atoms with van der Waals surface area (Å²) in [6, 6.07) is 7.03. The summed E-state index contributed by atoms with van der Waals surface area (Å²) in [4.78, 5) is 31.2. The number of fused-ring (bicyclic) bond motifs is 1. The Hall–Kier alpha value is -3.22. The van der Waals surface area contributed by atoms with Crippen LogP contribution in [-0.2, 0) is 19.4 Å². The molecule has 126 valence electrons. The molecule has 0 fully saturated rings. The Labute approximate surface area is 143 Å². The van der Waals surface area contributed by atoms with E-state index in [-0.39, 0.29) is 17.8 Å². The Morgan fingerprint density at radius 2 is 2.24 bits per heavy atom. The van der Waals surface area contributed by atoms with Gasteiger partial charge in [-0.1, -0.05) is 5.16 Å². The average Bonchev–Trinajstić information content (AvgIpc) is 3.29. The number of nitrogens with one attached hydrogen (secondary N) is 2.